The molecule has 1 atom stereocenters. The van der Waals surface area contributed by atoms with Crippen LogP contribution in [0, 0.1) is 6.92 Å². The summed E-state index contributed by atoms with van der Waals surface area (Å²) in [4.78, 5) is 4.07. The standard InChI is InChI=1S/C11H22N4O2S/c1-4-15-8-11(13-10(15)3)18(16,17)14-9(2)6-5-7-12/h8-9,14H,4-7,12H2,1-3H3. The number of rotatable bonds is 7. The van der Waals surface area contributed by atoms with Crippen LogP contribution in [0.15, 0.2) is 11.2 Å². The van der Waals surface area contributed by atoms with Crippen molar-refractivity contribution in [1.82, 2.24) is 14.3 Å². The summed E-state index contributed by atoms with van der Waals surface area (Å²) in [6.07, 6.45) is 3.09. The third kappa shape index (κ3) is 3.79. The van der Waals surface area contributed by atoms with Gasteiger partial charge in [-0.25, -0.2) is 18.1 Å². The zero-order valence-electron chi connectivity index (χ0n) is 11.2. The molecule has 6 nitrogen and oxygen atoms in total. The molecule has 3 N–H and O–H groups in total. The van der Waals surface area contributed by atoms with Gasteiger partial charge < -0.3 is 10.3 Å². The Morgan fingerprint density at radius 3 is 2.72 bits per heavy atom. The predicted octanol–water partition coefficient (Wildman–Crippen LogP) is 0.617. The van der Waals surface area contributed by atoms with Crippen molar-refractivity contribution in [3.63, 3.8) is 0 Å². The molecule has 1 aromatic heterocycles. The van der Waals surface area contributed by atoms with Crippen LogP contribution in [0.5, 0.6) is 0 Å². The number of nitrogens with two attached hydrogens (primary N) is 1. The molecule has 0 fully saturated rings. The van der Waals surface area contributed by atoms with Crippen LogP contribution in [0.3, 0.4) is 0 Å². The Hall–Kier alpha value is -0.920. The van der Waals surface area contributed by atoms with Gasteiger partial charge in [0.1, 0.15) is 5.82 Å². The van der Waals surface area contributed by atoms with Gasteiger partial charge in [0.15, 0.2) is 5.03 Å². The molecular weight excluding hydrogens is 252 g/mol. The molecule has 1 rings (SSSR count). The van der Waals surface area contributed by atoms with E-state index in [4.69, 9.17) is 5.73 Å². The molecule has 1 unspecified atom stereocenters. The minimum atomic E-state index is -3.52. The first-order valence-electron chi connectivity index (χ1n) is 6.17. The normalized spacial score (nSPS) is 13.8. The highest BCUT2D eigenvalue weighted by Crippen LogP contribution is 2.10. The van der Waals surface area contributed by atoms with Gasteiger partial charge >= 0.3 is 0 Å². The van der Waals surface area contributed by atoms with E-state index in [1.54, 1.807) is 17.7 Å². The number of imidazole rings is 1. The Kier molecular flexibility index (Phi) is 5.30. The first-order chi connectivity index (χ1) is 8.40. The van der Waals surface area contributed by atoms with E-state index in [1.807, 2.05) is 13.8 Å². The van der Waals surface area contributed by atoms with Crippen LogP contribution in [0.1, 0.15) is 32.5 Å². The van der Waals surface area contributed by atoms with E-state index in [2.05, 4.69) is 9.71 Å². The molecule has 0 saturated heterocycles. The Morgan fingerprint density at radius 1 is 1.56 bits per heavy atom. The monoisotopic (exact) mass is 274 g/mol. The lowest BCUT2D eigenvalue weighted by molar-refractivity contribution is 0.536. The highest BCUT2D eigenvalue weighted by atomic mass is 32.2. The second kappa shape index (κ2) is 6.31. The fourth-order valence-corrected chi connectivity index (χ4v) is 3.02. The largest absolute Gasteiger partial charge is 0.334 e. The Morgan fingerprint density at radius 2 is 2.22 bits per heavy atom. The van der Waals surface area contributed by atoms with E-state index in [0.717, 1.165) is 12.8 Å². The summed E-state index contributed by atoms with van der Waals surface area (Å²) in [5.74, 6) is 0.701. The number of nitrogens with zero attached hydrogens (tertiary/aromatic N) is 2. The van der Waals surface area contributed by atoms with Crippen molar-refractivity contribution in [2.24, 2.45) is 5.73 Å². The predicted molar refractivity (Wildman–Crippen MR) is 70.7 cm³/mol. The lowest BCUT2D eigenvalue weighted by Gasteiger charge is -2.12. The highest BCUT2D eigenvalue weighted by molar-refractivity contribution is 7.89. The van der Waals surface area contributed by atoms with Crippen molar-refractivity contribution in [3.05, 3.63) is 12.0 Å². The summed E-state index contributed by atoms with van der Waals surface area (Å²) in [7, 11) is -3.52. The number of sulfonamides is 1. The summed E-state index contributed by atoms with van der Waals surface area (Å²) in [6, 6.07) is -0.134. The van der Waals surface area contributed by atoms with Crippen LogP contribution < -0.4 is 10.5 Å². The maximum Gasteiger partial charge on any atom is 0.259 e. The van der Waals surface area contributed by atoms with Crippen LogP contribution in [-0.2, 0) is 16.6 Å². The number of hydrogen-bond acceptors (Lipinski definition) is 4. The SMILES string of the molecule is CCn1cc(S(=O)(=O)NC(C)CCCN)nc1C. The van der Waals surface area contributed by atoms with Gasteiger partial charge in [0.2, 0.25) is 0 Å². The minimum absolute atomic E-state index is 0.0847. The molecule has 1 heterocycles. The molecule has 0 radical (unpaired) electrons. The molecule has 0 spiro atoms. The minimum Gasteiger partial charge on any atom is -0.334 e. The van der Waals surface area contributed by atoms with Gasteiger partial charge in [-0.05, 0) is 40.2 Å². The summed E-state index contributed by atoms with van der Waals surface area (Å²) in [5, 5.41) is 0.0847. The van der Waals surface area contributed by atoms with E-state index < -0.39 is 10.0 Å². The maximum atomic E-state index is 12.1. The van der Waals surface area contributed by atoms with E-state index >= 15 is 0 Å². The molecule has 0 aliphatic heterocycles. The second-order valence-corrected chi connectivity index (χ2v) is 6.03. The van der Waals surface area contributed by atoms with Gasteiger partial charge in [-0.3, -0.25) is 0 Å². The van der Waals surface area contributed by atoms with Gasteiger partial charge in [0.05, 0.1) is 0 Å². The van der Waals surface area contributed by atoms with Gasteiger partial charge in [0.25, 0.3) is 10.0 Å². The molecule has 7 heteroatoms. The molecule has 0 aliphatic rings. The fourth-order valence-electron chi connectivity index (χ4n) is 1.74. The van der Waals surface area contributed by atoms with Crippen molar-refractivity contribution in [3.8, 4) is 0 Å². The zero-order chi connectivity index (χ0) is 13.8. The van der Waals surface area contributed by atoms with Gasteiger partial charge in [-0.1, -0.05) is 0 Å². The van der Waals surface area contributed by atoms with Crippen LogP contribution >= 0.6 is 0 Å². The van der Waals surface area contributed by atoms with Crippen molar-refractivity contribution in [1.29, 1.82) is 0 Å². The van der Waals surface area contributed by atoms with Crippen molar-refractivity contribution in [2.45, 2.75) is 51.2 Å². The van der Waals surface area contributed by atoms with Crippen LogP contribution in [0.2, 0.25) is 0 Å². The fraction of sp³-hybridized carbons (Fsp3) is 0.727. The summed E-state index contributed by atoms with van der Waals surface area (Å²) in [6.45, 7) is 6.84. The smallest absolute Gasteiger partial charge is 0.259 e. The lowest BCUT2D eigenvalue weighted by Crippen LogP contribution is -2.33. The van der Waals surface area contributed by atoms with E-state index in [-0.39, 0.29) is 11.1 Å². The molecule has 18 heavy (non-hydrogen) atoms. The average molecular weight is 274 g/mol. The quantitative estimate of drug-likeness (QED) is 0.762. The van der Waals surface area contributed by atoms with Crippen LogP contribution in [-0.4, -0.2) is 30.6 Å². The van der Waals surface area contributed by atoms with E-state index in [9.17, 15) is 8.42 Å². The third-order valence-electron chi connectivity index (χ3n) is 2.77. The molecule has 0 aliphatic carbocycles. The molecule has 0 aromatic carbocycles. The summed E-state index contributed by atoms with van der Waals surface area (Å²) in [5.41, 5.74) is 5.40. The number of aryl methyl sites for hydroxylation is 2. The average Bonchev–Trinajstić information content (AvgIpc) is 2.68. The maximum absolute atomic E-state index is 12.1. The Balaban J connectivity index is 2.79. The van der Waals surface area contributed by atoms with E-state index in [1.165, 1.54) is 0 Å². The summed E-state index contributed by atoms with van der Waals surface area (Å²) >= 11 is 0. The summed E-state index contributed by atoms with van der Waals surface area (Å²) < 4.78 is 28.6. The van der Waals surface area contributed by atoms with E-state index in [0.29, 0.717) is 18.9 Å². The number of aromatic nitrogens is 2. The van der Waals surface area contributed by atoms with Crippen LogP contribution in [0.25, 0.3) is 0 Å². The third-order valence-corrected chi connectivity index (χ3v) is 4.23. The van der Waals surface area contributed by atoms with Crippen molar-refractivity contribution >= 4 is 10.0 Å². The number of nitrogens with one attached hydrogen (secondary N) is 1. The van der Waals surface area contributed by atoms with Gasteiger partial charge in [0, 0.05) is 18.8 Å². The Bertz CT molecular complexity index is 481. The second-order valence-electron chi connectivity index (χ2n) is 4.37. The lowest BCUT2D eigenvalue weighted by atomic mass is 10.2. The molecule has 0 saturated carbocycles. The first kappa shape index (κ1) is 15.1. The first-order valence-corrected chi connectivity index (χ1v) is 7.65. The van der Waals surface area contributed by atoms with Gasteiger partial charge in [-0.15, -0.1) is 0 Å². The molecular formula is C11H22N4O2S. The molecule has 104 valence electrons. The molecule has 0 bridgehead atoms. The van der Waals surface area contributed by atoms with Gasteiger partial charge in [-0.2, -0.15) is 0 Å². The molecule has 0 amide bonds. The van der Waals surface area contributed by atoms with Crippen molar-refractivity contribution < 1.29 is 8.42 Å². The zero-order valence-corrected chi connectivity index (χ0v) is 12.0. The highest BCUT2D eigenvalue weighted by Gasteiger charge is 2.20. The molecule has 1 aromatic rings. The Labute approximate surface area is 109 Å². The topological polar surface area (TPSA) is 90.0 Å². The van der Waals surface area contributed by atoms with Crippen LogP contribution in [0.4, 0.5) is 0 Å². The van der Waals surface area contributed by atoms with Crippen molar-refractivity contribution in [2.75, 3.05) is 6.54 Å². The number of hydrogen-bond donors (Lipinski definition) is 2.